The van der Waals surface area contributed by atoms with Crippen molar-refractivity contribution < 1.29 is 9.21 Å². The smallest absolute Gasteiger partial charge is 0.289 e. The van der Waals surface area contributed by atoms with E-state index in [-0.39, 0.29) is 5.91 Å². The number of hydrogen-bond donors (Lipinski definition) is 0. The topological polar surface area (TPSA) is 36.7 Å². The van der Waals surface area contributed by atoms with Crippen molar-refractivity contribution in [1.82, 2.24) is 9.80 Å². The molecule has 0 aliphatic carbocycles. The predicted molar refractivity (Wildman–Crippen MR) is 97.5 cm³/mol. The van der Waals surface area contributed by atoms with Crippen LogP contribution >= 0.6 is 0 Å². The van der Waals surface area contributed by atoms with Crippen LogP contribution in [-0.2, 0) is 6.42 Å². The Hall–Kier alpha value is -2.07. The van der Waals surface area contributed by atoms with Crippen LogP contribution in [0.4, 0.5) is 0 Å². The van der Waals surface area contributed by atoms with Crippen LogP contribution in [0.15, 0.2) is 35.3 Å². The zero-order valence-corrected chi connectivity index (χ0v) is 14.7. The molecule has 1 aliphatic heterocycles. The lowest BCUT2D eigenvalue weighted by Crippen LogP contribution is -2.35. The lowest BCUT2D eigenvalue weighted by Gasteiger charge is -2.20. The van der Waals surface area contributed by atoms with E-state index in [1.165, 1.54) is 5.56 Å². The standard InChI is InChI=1S/C20H26N2O2/c1-4-9-21-10-6-11-22(13-12-21)20(23)19-15(3)17-14-16(5-2)7-8-18(17)24-19/h4,7-8,14H,1,5-6,9-13H2,2-3H3. The van der Waals surface area contributed by atoms with Crippen LogP contribution < -0.4 is 0 Å². The fourth-order valence-corrected chi connectivity index (χ4v) is 3.37. The quantitative estimate of drug-likeness (QED) is 0.805. The van der Waals surface area contributed by atoms with Crippen LogP contribution in [0, 0.1) is 6.92 Å². The van der Waals surface area contributed by atoms with Gasteiger partial charge in [-0.15, -0.1) is 6.58 Å². The van der Waals surface area contributed by atoms with Gasteiger partial charge in [0.15, 0.2) is 5.76 Å². The van der Waals surface area contributed by atoms with Gasteiger partial charge in [0.1, 0.15) is 5.58 Å². The molecule has 0 atom stereocenters. The maximum atomic E-state index is 13.0. The first-order chi connectivity index (χ1) is 11.6. The Morgan fingerprint density at radius 3 is 2.88 bits per heavy atom. The number of nitrogens with zero attached hydrogens (tertiary/aromatic N) is 2. The highest BCUT2D eigenvalue weighted by Crippen LogP contribution is 2.27. The van der Waals surface area contributed by atoms with Crippen LogP contribution in [0.1, 0.15) is 35.0 Å². The van der Waals surface area contributed by atoms with E-state index >= 15 is 0 Å². The number of aryl methyl sites for hydroxylation is 2. The molecule has 0 bridgehead atoms. The molecule has 1 aromatic heterocycles. The van der Waals surface area contributed by atoms with Crippen molar-refractivity contribution in [1.29, 1.82) is 0 Å². The van der Waals surface area contributed by atoms with Crippen molar-refractivity contribution in [2.24, 2.45) is 0 Å². The SMILES string of the molecule is C=CCN1CCCN(C(=O)c2oc3ccc(CC)cc3c2C)CC1. The van der Waals surface area contributed by atoms with Gasteiger partial charge in [0.25, 0.3) is 5.91 Å². The van der Waals surface area contributed by atoms with E-state index < -0.39 is 0 Å². The average molecular weight is 326 g/mol. The molecule has 3 rings (SSSR count). The minimum absolute atomic E-state index is 0.0159. The van der Waals surface area contributed by atoms with Crippen LogP contribution in [0.25, 0.3) is 11.0 Å². The summed E-state index contributed by atoms with van der Waals surface area (Å²) < 4.78 is 5.91. The van der Waals surface area contributed by atoms with Gasteiger partial charge < -0.3 is 9.32 Å². The molecule has 2 heterocycles. The molecule has 0 saturated carbocycles. The number of fused-ring (bicyclic) bond motifs is 1. The van der Waals surface area contributed by atoms with E-state index in [2.05, 4.69) is 30.5 Å². The van der Waals surface area contributed by atoms with Gasteiger partial charge >= 0.3 is 0 Å². The molecular weight excluding hydrogens is 300 g/mol. The Morgan fingerprint density at radius 1 is 1.29 bits per heavy atom. The normalized spacial score (nSPS) is 16.3. The molecule has 1 saturated heterocycles. The Balaban J connectivity index is 1.83. The van der Waals surface area contributed by atoms with Gasteiger partial charge in [-0.2, -0.15) is 0 Å². The summed E-state index contributed by atoms with van der Waals surface area (Å²) >= 11 is 0. The van der Waals surface area contributed by atoms with Crippen molar-refractivity contribution in [2.45, 2.75) is 26.7 Å². The second-order valence-electron chi connectivity index (χ2n) is 6.48. The molecule has 1 aliphatic rings. The molecular formula is C20H26N2O2. The van der Waals surface area contributed by atoms with Crippen LogP contribution in [0.5, 0.6) is 0 Å². The van der Waals surface area contributed by atoms with Gasteiger partial charge in [0, 0.05) is 43.7 Å². The average Bonchev–Trinajstić information content (AvgIpc) is 2.77. The number of benzene rings is 1. The number of carbonyl (C=O) groups excluding carboxylic acids is 1. The second-order valence-corrected chi connectivity index (χ2v) is 6.48. The first kappa shape index (κ1) is 16.8. The van der Waals surface area contributed by atoms with Crippen LogP contribution in [0.2, 0.25) is 0 Å². The third-order valence-electron chi connectivity index (χ3n) is 4.87. The van der Waals surface area contributed by atoms with Gasteiger partial charge in [-0.25, -0.2) is 0 Å². The summed E-state index contributed by atoms with van der Waals surface area (Å²) in [5, 5.41) is 1.06. The maximum absolute atomic E-state index is 13.0. The molecule has 0 unspecified atom stereocenters. The fourth-order valence-electron chi connectivity index (χ4n) is 3.37. The summed E-state index contributed by atoms with van der Waals surface area (Å²) in [4.78, 5) is 17.2. The number of hydrogen-bond acceptors (Lipinski definition) is 3. The molecule has 0 N–H and O–H groups in total. The lowest BCUT2D eigenvalue weighted by molar-refractivity contribution is 0.0731. The van der Waals surface area contributed by atoms with E-state index in [0.717, 1.165) is 62.1 Å². The third-order valence-corrected chi connectivity index (χ3v) is 4.87. The molecule has 1 fully saturated rings. The first-order valence-corrected chi connectivity index (χ1v) is 8.78. The van der Waals surface area contributed by atoms with Crippen molar-refractivity contribution in [3.05, 3.63) is 47.7 Å². The summed E-state index contributed by atoms with van der Waals surface area (Å²) in [6, 6.07) is 6.18. The highest BCUT2D eigenvalue weighted by atomic mass is 16.3. The first-order valence-electron chi connectivity index (χ1n) is 8.78. The van der Waals surface area contributed by atoms with Gasteiger partial charge in [0.05, 0.1) is 0 Å². The maximum Gasteiger partial charge on any atom is 0.289 e. The zero-order chi connectivity index (χ0) is 17.1. The molecule has 4 nitrogen and oxygen atoms in total. The molecule has 0 spiro atoms. The van der Waals surface area contributed by atoms with Gasteiger partial charge in [0.2, 0.25) is 0 Å². The number of rotatable bonds is 4. The van der Waals surface area contributed by atoms with E-state index in [4.69, 9.17) is 4.42 Å². The van der Waals surface area contributed by atoms with E-state index in [1.54, 1.807) is 0 Å². The summed E-state index contributed by atoms with van der Waals surface area (Å²) in [7, 11) is 0. The second kappa shape index (κ2) is 7.22. The monoisotopic (exact) mass is 326 g/mol. The Bertz CT molecular complexity index is 747. The Kier molecular flexibility index (Phi) is 5.05. The van der Waals surface area contributed by atoms with Crippen LogP contribution in [0.3, 0.4) is 0 Å². The van der Waals surface area contributed by atoms with E-state index in [0.29, 0.717) is 5.76 Å². The summed E-state index contributed by atoms with van der Waals surface area (Å²) in [5.74, 6) is 0.512. The summed E-state index contributed by atoms with van der Waals surface area (Å²) in [6.45, 7) is 12.2. The third kappa shape index (κ3) is 3.24. The summed E-state index contributed by atoms with van der Waals surface area (Å²) in [5.41, 5.74) is 3.02. The highest BCUT2D eigenvalue weighted by molar-refractivity contribution is 5.99. The minimum Gasteiger partial charge on any atom is -0.451 e. The molecule has 2 aromatic rings. The Morgan fingerprint density at radius 2 is 2.12 bits per heavy atom. The molecule has 4 heteroatoms. The highest BCUT2D eigenvalue weighted by Gasteiger charge is 2.25. The molecule has 0 radical (unpaired) electrons. The predicted octanol–water partition coefficient (Wildman–Crippen LogP) is 3.64. The number of amides is 1. The van der Waals surface area contributed by atoms with E-state index in [1.807, 2.05) is 24.0 Å². The number of furan rings is 1. The van der Waals surface area contributed by atoms with Crippen molar-refractivity contribution in [3.63, 3.8) is 0 Å². The zero-order valence-electron chi connectivity index (χ0n) is 14.7. The van der Waals surface area contributed by atoms with Crippen molar-refractivity contribution in [3.8, 4) is 0 Å². The Labute approximate surface area is 143 Å². The number of carbonyl (C=O) groups is 1. The van der Waals surface area contributed by atoms with Crippen molar-refractivity contribution >= 4 is 16.9 Å². The van der Waals surface area contributed by atoms with Gasteiger partial charge in [-0.05, 0) is 37.5 Å². The molecule has 128 valence electrons. The molecule has 1 amide bonds. The van der Waals surface area contributed by atoms with Gasteiger partial charge in [-0.1, -0.05) is 19.1 Å². The minimum atomic E-state index is 0.0159. The lowest BCUT2D eigenvalue weighted by atomic mass is 10.1. The van der Waals surface area contributed by atoms with E-state index in [9.17, 15) is 4.79 Å². The molecule has 24 heavy (non-hydrogen) atoms. The van der Waals surface area contributed by atoms with Gasteiger partial charge in [-0.3, -0.25) is 9.69 Å². The van der Waals surface area contributed by atoms with Crippen LogP contribution in [-0.4, -0.2) is 48.4 Å². The fraction of sp³-hybridized carbons (Fsp3) is 0.450. The summed E-state index contributed by atoms with van der Waals surface area (Å²) in [6.07, 6.45) is 3.89. The van der Waals surface area contributed by atoms with Crippen molar-refractivity contribution in [2.75, 3.05) is 32.7 Å². The largest absolute Gasteiger partial charge is 0.451 e. The molecule has 1 aromatic carbocycles.